The van der Waals surface area contributed by atoms with Crippen molar-refractivity contribution in [1.29, 1.82) is 0 Å². The number of hydrogen-bond donors (Lipinski definition) is 0. The second kappa shape index (κ2) is 6.59. The fraction of sp³-hybridized carbons (Fsp3) is 0.348. The lowest BCUT2D eigenvalue weighted by atomic mass is 9.86. The van der Waals surface area contributed by atoms with E-state index in [1.165, 1.54) is 15.8 Å². The second-order valence-electron chi connectivity index (χ2n) is 7.87. The van der Waals surface area contributed by atoms with Crippen LogP contribution in [0, 0.1) is 0 Å². The van der Waals surface area contributed by atoms with Gasteiger partial charge in [-0.15, -0.1) is 0 Å². The summed E-state index contributed by atoms with van der Waals surface area (Å²) >= 11 is 0. The molecule has 1 aromatic heterocycles. The maximum atomic E-state index is 13.8. The molecule has 0 aliphatic heterocycles. The van der Waals surface area contributed by atoms with Crippen LogP contribution in [0.4, 0.5) is 0 Å². The summed E-state index contributed by atoms with van der Waals surface area (Å²) in [4.78, 5) is 28.3. The number of fused-ring (bicyclic) bond motifs is 2. The molecule has 0 spiro atoms. The predicted molar refractivity (Wildman–Crippen MR) is 108 cm³/mol. The van der Waals surface area contributed by atoms with Crippen molar-refractivity contribution >= 4 is 16.7 Å². The normalized spacial score (nSPS) is 18.7. The van der Waals surface area contributed by atoms with Gasteiger partial charge in [0.25, 0.3) is 11.5 Å². The van der Waals surface area contributed by atoms with Gasteiger partial charge in [0.1, 0.15) is 0 Å². The van der Waals surface area contributed by atoms with Gasteiger partial charge in [-0.2, -0.15) is 5.10 Å². The molecule has 142 valence electrons. The Morgan fingerprint density at radius 2 is 1.75 bits per heavy atom. The SMILES string of the molecule is Cn1nc(C(=O)N(C2CC2)[C@@H]2CCCc3ccccc32)c2ccccc2c1=O. The van der Waals surface area contributed by atoms with Gasteiger partial charge in [-0.1, -0.05) is 42.5 Å². The molecule has 1 fully saturated rings. The molecule has 0 radical (unpaired) electrons. The quantitative estimate of drug-likeness (QED) is 0.705. The third-order valence-corrected chi connectivity index (χ3v) is 6.01. The Hall–Kier alpha value is -2.95. The van der Waals surface area contributed by atoms with E-state index in [0.717, 1.165) is 32.1 Å². The van der Waals surface area contributed by atoms with Crippen LogP contribution in [0.15, 0.2) is 53.3 Å². The van der Waals surface area contributed by atoms with E-state index >= 15 is 0 Å². The summed E-state index contributed by atoms with van der Waals surface area (Å²) in [6.45, 7) is 0. The van der Waals surface area contributed by atoms with Crippen LogP contribution in [-0.4, -0.2) is 26.6 Å². The summed E-state index contributed by atoms with van der Waals surface area (Å²) in [5.41, 5.74) is 2.82. The van der Waals surface area contributed by atoms with E-state index in [-0.39, 0.29) is 23.6 Å². The Bertz CT molecular complexity index is 1130. The van der Waals surface area contributed by atoms with Gasteiger partial charge >= 0.3 is 0 Å². The van der Waals surface area contributed by atoms with Gasteiger partial charge in [-0.3, -0.25) is 9.59 Å². The Balaban J connectivity index is 1.64. The lowest BCUT2D eigenvalue weighted by Crippen LogP contribution is -2.40. The molecule has 1 saturated carbocycles. The first-order valence-corrected chi connectivity index (χ1v) is 10.0. The topological polar surface area (TPSA) is 55.2 Å². The van der Waals surface area contributed by atoms with Crippen LogP contribution in [0.1, 0.15) is 53.3 Å². The molecule has 0 bridgehead atoms. The molecule has 2 aromatic carbocycles. The predicted octanol–water partition coefficient (Wildman–Crippen LogP) is 3.62. The fourth-order valence-electron chi connectivity index (χ4n) is 4.51. The smallest absolute Gasteiger partial charge is 0.275 e. The van der Waals surface area contributed by atoms with E-state index in [4.69, 9.17) is 0 Å². The van der Waals surface area contributed by atoms with Gasteiger partial charge < -0.3 is 4.90 Å². The molecule has 5 rings (SSSR count). The number of amides is 1. The van der Waals surface area contributed by atoms with E-state index in [0.29, 0.717) is 16.5 Å². The van der Waals surface area contributed by atoms with Crippen LogP contribution in [0.3, 0.4) is 0 Å². The van der Waals surface area contributed by atoms with E-state index in [1.807, 2.05) is 18.2 Å². The third kappa shape index (κ3) is 2.73. The van der Waals surface area contributed by atoms with Crippen LogP contribution >= 0.6 is 0 Å². The summed E-state index contributed by atoms with van der Waals surface area (Å²) in [7, 11) is 1.61. The van der Waals surface area contributed by atoms with Gasteiger partial charge in [0.2, 0.25) is 0 Å². The van der Waals surface area contributed by atoms with E-state index in [1.54, 1.807) is 13.1 Å². The molecular formula is C23H23N3O2. The first-order chi connectivity index (χ1) is 13.6. The molecule has 0 N–H and O–H groups in total. The van der Waals surface area contributed by atoms with Crippen molar-refractivity contribution < 1.29 is 4.79 Å². The summed E-state index contributed by atoms with van der Waals surface area (Å²) in [6.07, 6.45) is 5.20. The highest BCUT2D eigenvalue weighted by atomic mass is 16.2. The van der Waals surface area contributed by atoms with Gasteiger partial charge in [-0.25, -0.2) is 4.68 Å². The van der Waals surface area contributed by atoms with Crippen molar-refractivity contribution in [2.45, 2.75) is 44.2 Å². The molecular weight excluding hydrogens is 350 g/mol. The van der Waals surface area contributed by atoms with Crippen LogP contribution in [0.25, 0.3) is 10.8 Å². The monoisotopic (exact) mass is 373 g/mol. The largest absolute Gasteiger partial charge is 0.327 e. The maximum absolute atomic E-state index is 13.8. The lowest BCUT2D eigenvalue weighted by molar-refractivity contribution is 0.0631. The number of aromatic nitrogens is 2. The van der Waals surface area contributed by atoms with Crippen molar-refractivity contribution in [3.8, 4) is 0 Å². The number of carbonyl (C=O) groups excluding carboxylic acids is 1. The summed E-state index contributed by atoms with van der Waals surface area (Å²) in [6, 6.07) is 16.1. The molecule has 5 heteroatoms. The molecule has 1 amide bonds. The average Bonchev–Trinajstić information content (AvgIpc) is 3.56. The van der Waals surface area contributed by atoms with Gasteiger partial charge in [0.15, 0.2) is 5.69 Å². The zero-order valence-electron chi connectivity index (χ0n) is 16.0. The van der Waals surface area contributed by atoms with Crippen molar-refractivity contribution in [2.24, 2.45) is 7.05 Å². The van der Waals surface area contributed by atoms with Crippen molar-refractivity contribution in [1.82, 2.24) is 14.7 Å². The van der Waals surface area contributed by atoms with Crippen LogP contribution in [0.5, 0.6) is 0 Å². The highest BCUT2D eigenvalue weighted by Gasteiger charge is 2.40. The van der Waals surface area contributed by atoms with Crippen LogP contribution in [-0.2, 0) is 13.5 Å². The van der Waals surface area contributed by atoms with Crippen LogP contribution in [0.2, 0.25) is 0 Å². The van der Waals surface area contributed by atoms with E-state index in [9.17, 15) is 9.59 Å². The van der Waals surface area contributed by atoms with E-state index in [2.05, 4.69) is 34.3 Å². The first-order valence-electron chi connectivity index (χ1n) is 10.0. The molecule has 3 aromatic rings. The highest BCUT2D eigenvalue weighted by Crippen LogP contribution is 2.41. The molecule has 5 nitrogen and oxygen atoms in total. The Kier molecular flexibility index (Phi) is 4.04. The van der Waals surface area contributed by atoms with Crippen LogP contribution < -0.4 is 5.56 Å². The summed E-state index contributed by atoms with van der Waals surface area (Å²) in [5, 5.41) is 5.58. The average molecular weight is 373 g/mol. The Labute approximate surface area is 163 Å². The molecule has 1 atom stereocenters. The van der Waals surface area contributed by atoms with Gasteiger partial charge in [0, 0.05) is 18.5 Å². The minimum absolute atomic E-state index is 0.0593. The fourth-order valence-corrected chi connectivity index (χ4v) is 4.51. The third-order valence-electron chi connectivity index (χ3n) is 6.01. The minimum Gasteiger partial charge on any atom is -0.327 e. The minimum atomic E-state index is -0.173. The molecule has 0 saturated heterocycles. The Morgan fingerprint density at radius 1 is 1.04 bits per heavy atom. The van der Waals surface area contributed by atoms with Gasteiger partial charge in [-0.05, 0) is 49.3 Å². The summed E-state index contributed by atoms with van der Waals surface area (Å²) < 4.78 is 1.29. The van der Waals surface area contributed by atoms with Gasteiger partial charge in [0.05, 0.1) is 11.4 Å². The number of rotatable bonds is 3. The number of carbonyl (C=O) groups is 1. The standard InChI is InChI=1S/C23H23N3O2/c1-25-22(27)19-11-5-4-10-18(19)21(24-25)23(28)26(16-13-14-16)20-12-6-8-15-7-2-3-9-17(15)20/h2-5,7,9-11,16,20H,6,8,12-14H2,1H3/t20-/m1/s1. The number of hydrogen-bond acceptors (Lipinski definition) is 3. The van der Waals surface area contributed by atoms with Crippen molar-refractivity contribution in [3.63, 3.8) is 0 Å². The van der Waals surface area contributed by atoms with E-state index < -0.39 is 0 Å². The van der Waals surface area contributed by atoms with Crippen molar-refractivity contribution in [2.75, 3.05) is 0 Å². The second-order valence-corrected chi connectivity index (χ2v) is 7.87. The number of aryl methyl sites for hydroxylation is 2. The summed E-state index contributed by atoms with van der Waals surface area (Å²) in [5.74, 6) is -0.0593. The number of benzene rings is 2. The molecule has 2 aliphatic rings. The zero-order valence-corrected chi connectivity index (χ0v) is 16.0. The zero-order chi connectivity index (χ0) is 19.3. The maximum Gasteiger partial charge on any atom is 0.275 e. The number of nitrogens with zero attached hydrogens (tertiary/aromatic N) is 3. The lowest BCUT2D eigenvalue weighted by Gasteiger charge is -2.36. The molecule has 1 heterocycles. The molecule has 0 unspecified atom stereocenters. The molecule has 28 heavy (non-hydrogen) atoms. The first kappa shape index (κ1) is 17.2. The highest BCUT2D eigenvalue weighted by molar-refractivity contribution is 6.05. The Morgan fingerprint density at radius 3 is 2.54 bits per heavy atom. The van der Waals surface area contributed by atoms with Crippen molar-refractivity contribution in [3.05, 3.63) is 75.7 Å². The molecule has 2 aliphatic carbocycles.